The molecule has 0 amide bonds. The zero-order valence-corrected chi connectivity index (χ0v) is 25.3. The lowest BCUT2D eigenvalue weighted by atomic mass is 9.62. The highest BCUT2D eigenvalue weighted by molar-refractivity contribution is 7.92. The van der Waals surface area contributed by atoms with Crippen LogP contribution in [0.5, 0.6) is 5.75 Å². The van der Waals surface area contributed by atoms with E-state index >= 15 is 0 Å². The predicted octanol–water partition coefficient (Wildman–Crippen LogP) is 5.50. The van der Waals surface area contributed by atoms with Crippen molar-refractivity contribution in [1.29, 1.82) is 0 Å². The summed E-state index contributed by atoms with van der Waals surface area (Å²) < 4.78 is 31.7. The number of fused-ring (bicyclic) bond motifs is 1. The zero-order valence-electron chi connectivity index (χ0n) is 24.4. The number of hydrogen-bond acceptors (Lipinski definition) is 5. The van der Waals surface area contributed by atoms with E-state index in [0.29, 0.717) is 42.1 Å². The fourth-order valence-corrected chi connectivity index (χ4v) is 8.57. The van der Waals surface area contributed by atoms with E-state index in [9.17, 15) is 8.42 Å². The van der Waals surface area contributed by atoms with Crippen LogP contribution in [0.4, 0.5) is 5.69 Å². The van der Waals surface area contributed by atoms with E-state index in [1.165, 1.54) is 60.5 Å². The van der Waals surface area contributed by atoms with Gasteiger partial charge < -0.3 is 10.1 Å². The third kappa shape index (κ3) is 5.64. The minimum absolute atomic E-state index is 0.254. The highest BCUT2D eigenvalue weighted by atomic mass is 32.2. The number of sulfonamides is 1. The third-order valence-corrected chi connectivity index (χ3v) is 11.1. The van der Waals surface area contributed by atoms with Crippen LogP contribution >= 0.6 is 0 Å². The third-order valence-electron chi connectivity index (χ3n) is 9.94. The van der Waals surface area contributed by atoms with Crippen molar-refractivity contribution in [3.63, 3.8) is 0 Å². The van der Waals surface area contributed by atoms with Crippen molar-refractivity contribution < 1.29 is 13.2 Å². The number of hydrogen-bond donors (Lipinski definition) is 1. The van der Waals surface area contributed by atoms with Gasteiger partial charge in [0.1, 0.15) is 5.75 Å². The van der Waals surface area contributed by atoms with Gasteiger partial charge in [0, 0.05) is 50.2 Å². The molecule has 41 heavy (non-hydrogen) atoms. The van der Waals surface area contributed by atoms with Crippen LogP contribution in [0, 0.1) is 17.8 Å². The lowest BCUT2D eigenvalue weighted by Crippen LogP contribution is -2.70. The first-order valence-electron chi connectivity index (χ1n) is 15.0. The van der Waals surface area contributed by atoms with Crippen LogP contribution in [0.3, 0.4) is 0 Å². The Hall–Kier alpha value is -2.87. The number of anilines is 1. The first-order chi connectivity index (χ1) is 19.8. The molecule has 6 nitrogen and oxygen atoms in total. The summed E-state index contributed by atoms with van der Waals surface area (Å²) in [6.45, 7) is 2.98. The van der Waals surface area contributed by atoms with Crippen LogP contribution in [0.1, 0.15) is 48.3 Å². The maximum Gasteiger partial charge on any atom is 0.231 e. The average Bonchev–Trinajstić information content (AvgIpc) is 3.13. The molecule has 7 rings (SSSR count). The van der Waals surface area contributed by atoms with Crippen LogP contribution in [0.15, 0.2) is 78.9 Å². The summed E-state index contributed by atoms with van der Waals surface area (Å²) in [6.07, 6.45) is 6.51. The second kappa shape index (κ2) is 11.8. The number of rotatable bonds is 9. The molecular weight excluding hydrogens is 530 g/mol. The van der Waals surface area contributed by atoms with Crippen molar-refractivity contribution in [3.05, 3.63) is 95.6 Å². The molecule has 3 saturated heterocycles. The van der Waals surface area contributed by atoms with Gasteiger partial charge in [0.2, 0.25) is 10.0 Å². The Morgan fingerprint density at radius 2 is 1.51 bits per heavy atom. The van der Waals surface area contributed by atoms with Crippen LogP contribution < -0.4 is 14.4 Å². The van der Waals surface area contributed by atoms with Crippen LogP contribution in [-0.2, 0) is 16.6 Å². The molecule has 3 aromatic rings. The minimum atomic E-state index is -3.36. The molecule has 1 aliphatic carbocycles. The summed E-state index contributed by atoms with van der Waals surface area (Å²) in [6, 6.07) is 28.3. The molecule has 4 atom stereocenters. The molecule has 3 heterocycles. The molecule has 7 heteroatoms. The number of methoxy groups -OCH3 is 1. The van der Waals surface area contributed by atoms with Gasteiger partial charge in [-0.05, 0) is 59.9 Å². The zero-order chi connectivity index (χ0) is 28.6. The standard InChI is InChI=1S/C34H43N3O3S/c1-36(41(3,38)39)29-18-19-30(40-2)28(20-29)21-35-33-31-26-16-10-11-17-27(31)23-37(22-26)34(33)32(24-12-6-4-7-13-24)25-14-8-5-9-15-25/h4-9,12-15,18-20,26-27,31-35H,10-11,16-17,21-23H2,1-3H3. The molecule has 3 aliphatic heterocycles. The summed E-state index contributed by atoms with van der Waals surface area (Å²) >= 11 is 0. The van der Waals surface area contributed by atoms with Crippen molar-refractivity contribution in [2.75, 3.05) is 37.8 Å². The number of nitrogens with one attached hydrogen (secondary N) is 1. The van der Waals surface area contributed by atoms with Crippen molar-refractivity contribution in [2.45, 2.75) is 50.2 Å². The van der Waals surface area contributed by atoms with Crippen molar-refractivity contribution in [2.24, 2.45) is 17.8 Å². The summed E-state index contributed by atoms with van der Waals surface area (Å²) in [5.74, 6) is 3.07. The van der Waals surface area contributed by atoms with Crippen molar-refractivity contribution >= 4 is 15.7 Å². The van der Waals surface area contributed by atoms with Gasteiger partial charge in [-0.15, -0.1) is 0 Å². The van der Waals surface area contributed by atoms with E-state index in [1.54, 1.807) is 14.2 Å². The van der Waals surface area contributed by atoms with Gasteiger partial charge in [-0.25, -0.2) is 8.42 Å². The average molecular weight is 574 g/mol. The highest BCUT2D eigenvalue weighted by Crippen LogP contribution is 2.50. The lowest BCUT2D eigenvalue weighted by Gasteiger charge is -2.60. The van der Waals surface area contributed by atoms with Crippen LogP contribution in [0.25, 0.3) is 0 Å². The number of piperidine rings is 3. The maximum atomic E-state index is 12.3. The molecular formula is C34H43N3O3S. The molecule has 3 aromatic carbocycles. The number of ether oxygens (including phenoxy) is 1. The molecule has 4 bridgehead atoms. The van der Waals surface area contributed by atoms with Gasteiger partial charge in [-0.3, -0.25) is 9.21 Å². The Kier molecular flexibility index (Phi) is 8.12. The molecule has 1 saturated carbocycles. The summed E-state index contributed by atoms with van der Waals surface area (Å²) in [7, 11) is -0.0751. The summed E-state index contributed by atoms with van der Waals surface area (Å²) in [5.41, 5.74) is 4.35. The first-order valence-corrected chi connectivity index (χ1v) is 16.9. The fraction of sp³-hybridized carbons (Fsp3) is 0.471. The van der Waals surface area contributed by atoms with Gasteiger partial charge in [0.25, 0.3) is 0 Å². The predicted molar refractivity (Wildman–Crippen MR) is 166 cm³/mol. The molecule has 0 aromatic heterocycles. The Labute approximate surface area is 245 Å². The quantitative estimate of drug-likeness (QED) is 0.366. The molecule has 0 spiro atoms. The van der Waals surface area contributed by atoms with Gasteiger partial charge >= 0.3 is 0 Å². The Balaban J connectivity index is 1.39. The smallest absolute Gasteiger partial charge is 0.231 e. The molecule has 0 radical (unpaired) electrons. The van der Waals surface area contributed by atoms with Crippen molar-refractivity contribution in [3.8, 4) is 5.75 Å². The van der Waals surface area contributed by atoms with E-state index in [0.717, 1.165) is 11.3 Å². The van der Waals surface area contributed by atoms with Gasteiger partial charge in [0.15, 0.2) is 0 Å². The lowest BCUT2D eigenvalue weighted by molar-refractivity contribution is -0.0743. The van der Waals surface area contributed by atoms with E-state index in [2.05, 4.69) is 70.9 Å². The highest BCUT2D eigenvalue weighted by Gasteiger charge is 2.54. The molecule has 4 aliphatic rings. The Morgan fingerprint density at radius 1 is 0.927 bits per heavy atom. The van der Waals surface area contributed by atoms with Crippen LogP contribution in [0.2, 0.25) is 0 Å². The normalized spacial score (nSPS) is 27.4. The van der Waals surface area contributed by atoms with E-state index in [1.807, 2.05) is 18.2 Å². The monoisotopic (exact) mass is 573 g/mol. The van der Waals surface area contributed by atoms with Crippen molar-refractivity contribution in [1.82, 2.24) is 10.2 Å². The fourth-order valence-electron chi connectivity index (χ4n) is 8.07. The molecule has 4 fully saturated rings. The Morgan fingerprint density at radius 3 is 2.05 bits per heavy atom. The first kappa shape index (κ1) is 28.3. The van der Waals surface area contributed by atoms with E-state index < -0.39 is 10.0 Å². The molecule has 4 unspecified atom stereocenters. The molecule has 218 valence electrons. The SMILES string of the molecule is COc1ccc(N(C)S(C)(=O)=O)cc1CNC1C2C3CCCCC2CN(C3)C1C(c1ccccc1)c1ccccc1. The Bertz CT molecular complexity index is 1380. The largest absolute Gasteiger partial charge is 0.496 e. The number of benzene rings is 3. The summed E-state index contributed by atoms with van der Waals surface area (Å²) in [5, 5.41) is 4.09. The van der Waals surface area contributed by atoms with Gasteiger partial charge in [0.05, 0.1) is 19.1 Å². The van der Waals surface area contributed by atoms with E-state index in [-0.39, 0.29) is 5.92 Å². The van der Waals surface area contributed by atoms with Gasteiger partial charge in [-0.2, -0.15) is 0 Å². The summed E-state index contributed by atoms with van der Waals surface area (Å²) in [4.78, 5) is 2.81. The van der Waals surface area contributed by atoms with Gasteiger partial charge in [-0.1, -0.05) is 73.5 Å². The molecule has 1 N–H and O–H groups in total. The number of nitrogens with zero attached hydrogens (tertiary/aromatic N) is 2. The second-order valence-corrected chi connectivity index (χ2v) is 14.3. The second-order valence-electron chi connectivity index (χ2n) is 12.3. The minimum Gasteiger partial charge on any atom is -0.496 e. The van der Waals surface area contributed by atoms with E-state index in [4.69, 9.17) is 4.74 Å². The topological polar surface area (TPSA) is 61.9 Å². The van der Waals surface area contributed by atoms with Crippen LogP contribution in [-0.4, -0.2) is 58.9 Å². The maximum absolute atomic E-state index is 12.3.